The van der Waals surface area contributed by atoms with Gasteiger partial charge in [-0.3, -0.25) is 4.99 Å². The van der Waals surface area contributed by atoms with Crippen LogP contribution in [0.2, 0.25) is 0 Å². The normalized spacial score (nSPS) is 13.0. The fourth-order valence-electron chi connectivity index (χ4n) is 2.20. The lowest BCUT2D eigenvalue weighted by Crippen LogP contribution is -2.48. The monoisotopic (exact) mass is 387 g/mol. The molecule has 9 heteroatoms. The summed E-state index contributed by atoms with van der Waals surface area (Å²) < 4.78 is 10.1. The van der Waals surface area contributed by atoms with Gasteiger partial charge in [0, 0.05) is 32.7 Å². The number of carbonyl (C=O) groups excluding carboxylic acids is 2. The molecule has 9 nitrogen and oxygen atoms in total. The Kier molecular flexibility index (Phi) is 12.0. The first-order chi connectivity index (χ1) is 12.6. The summed E-state index contributed by atoms with van der Waals surface area (Å²) in [4.78, 5) is 27.4. The molecule has 27 heavy (non-hydrogen) atoms. The van der Waals surface area contributed by atoms with Crippen LogP contribution in [0.3, 0.4) is 0 Å². The minimum atomic E-state index is -0.521. The van der Waals surface area contributed by atoms with Crippen molar-refractivity contribution in [2.75, 3.05) is 33.3 Å². The molecule has 0 aliphatic heterocycles. The van der Waals surface area contributed by atoms with Crippen LogP contribution in [0.25, 0.3) is 0 Å². The zero-order valence-electron chi connectivity index (χ0n) is 17.8. The Hall–Kier alpha value is -2.19. The number of rotatable bonds is 9. The van der Waals surface area contributed by atoms with E-state index < -0.39 is 17.8 Å². The van der Waals surface area contributed by atoms with Gasteiger partial charge >= 0.3 is 12.2 Å². The van der Waals surface area contributed by atoms with Crippen LogP contribution < -0.4 is 21.3 Å². The SMILES string of the molecule is CCOC(=O)NC(CNC(=NC)NCCNC(=O)OC(C)(C)C)CC(C)C. The van der Waals surface area contributed by atoms with E-state index in [0.29, 0.717) is 38.1 Å². The molecule has 0 heterocycles. The van der Waals surface area contributed by atoms with Crippen molar-refractivity contribution in [1.82, 2.24) is 21.3 Å². The van der Waals surface area contributed by atoms with Gasteiger partial charge in [0.1, 0.15) is 5.60 Å². The Labute approximate surface area is 163 Å². The maximum Gasteiger partial charge on any atom is 0.407 e. The van der Waals surface area contributed by atoms with E-state index in [1.54, 1.807) is 14.0 Å². The number of carbonyl (C=O) groups is 2. The lowest BCUT2D eigenvalue weighted by atomic mass is 10.0. The second kappa shape index (κ2) is 13.1. The van der Waals surface area contributed by atoms with Crippen molar-refractivity contribution in [1.29, 1.82) is 0 Å². The number of guanidine groups is 1. The highest BCUT2D eigenvalue weighted by molar-refractivity contribution is 5.79. The molecule has 0 spiro atoms. The second-order valence-corrected chi connectivity index (χ2v) is 7.50. The maximum atomic E-state index is 11.7. The molecule has 0 saturated heterocycles. The van der Waals surface area contributed by atoms with Gasteiger partial charge in [0.15, 0.2) is 5.96 Å². The number of hydrogen-bond acceptors (Lipinski definition) is 5. The maximum absolute atomic E-state index is 11.7. The van der Waals surface area contributed by atoms with Gasteiger partial charge in [0.05, 0.1) is 6.61 Å². The van der Waals surface area contributed by atoms with Crippen LogP contribution in [0, 0.1) is 5.92 Å². The highest BCUT2D eigenvalue weighted by atomic mass is 16.6. The van der Waals surface area contributed by atoms with Crippen LogP contribution in [0.1, 0.15) is 48.0 Å². The molecule has 158 valence electrons. The van der Waals surface area contributed by atoms with Gasteiger partial charge in [-0.05, 0) is 40.0 Å². The Bertz CT molecular complexity index is 475. The highest BCUT2D eigenvalue weighted by Crippen LogP contribution is 2.06. The third-order valence-electron chi connectivity index (χ3n) is 3.18. The summed E-state index contributed by atoms with van der Waals surface area (Å²) in [6, 6.07) is -0.0810. The third kappa shape index (κ3) is 14.6. The van der Waals surface area contributed by atoms with Crippen LogP contribution >= 0.6 is 0 Å². The van der Waals surface area contributed by atoms with Crippen molar-refractivity contribution >= 4 is 18.1 Å². The minimum Gasteiger partial charge on any atom is -0.450 e. The molecule has 1 unspecified atom stereocenters. The molecule has 0 aromatic rings. The summed E-state index contributed by atoms with van der Waals surface area (Å²) in [5, 5.41) is 11.8. The third-order valence-corrected chi connectivity index (χ3v) is 3.18. The molecule has 0 radical (unpaired) electrons. The van der Waals surface area contributed by atoms with Crippen molar-refractivity contribution in [3.05, 3.63) is 0 Å². The van der Waals surface area contributed by atoms with Gasteiger partial charge in [0.2, 0.25) is 0 Å². The molecule has 1 atom stereocenters. The van der Waals surface area contributed by atoms with E-state index >= 15 is 0 Å². The smallest absolute Gasteiger partial charge is 0.407 e. The zero-order chi connectivity index (χ0) is 20.9. The molecule has 0 aromatic carbocycles. The van der Waals surface area contributed by atoms with Crippen molar-refractivity contribution in [2.45, 2.75) is 59.6 Å². The lowest BCUT2D eigenvalue weighted by molar-refractivity contribution is 0.0528. The van der Waals surface area contributed by atoms with Crippen molar-refractivity contribution in [3.8, 4) is 0 Å². The predicted molar refractivity (Wildman–Crippen MR) is 107 cm³/mol. The first-order valence-corrected chi connectivity index (χ1v) is 9.42. The van der Waals surface area contributed by atoms with Crippen LogP contribution in [0.15, 0.2) is 4.99 Å². The van der Waals surface area contributed by atoms with E-state index in [4.69, 9.17) is 9.47 Å². The summed E-state index contributed by atoms with van der Waals surface area (Å²) in [7, 11) is 1.66. The van der Waals surface area contributed by atoms with E-state index in [9.17, 15) is 9.59 Å². The van der Waals surface area contributed by atoms with Crippen LogP contribution in [0.5, 0.6) is 0 Å². The molecule has 0 rings (SSSR count). The van der Waals surface area contributed by atoms with E-state index in [0.717, 1.165) is 6.42 Å². The number of ether oxygens (including phenoxy) is 2. The van der Waals surface area contributed by atoms with Gasteiger partial charge in [0.25, 0.3) is 0 Å². The first kappa shape index (κ1) is 24.8. The van der Waals surface area contributed by atoms with Gasteiger partial charge < -0.3 is 30.7 Å². The number of nitrogens with zero attached hydrogens (tertiary/aromatic N) is 1. The van der Waals surface area contributed by atoms with Gasteiger partial charge in [-0.1, -0.05) is 13.8 Å². The van der Waals surface area contributed by atoms with Crippen molar-refractivity contribution in [2.24, 2.45) is 10.9 Å². The van der Waals surface area contributed by atoms with Gasteiger partial charge in [-0.15, -0.1) is 0 Å². The first-order valence-electron chi connectivity index (χ1n) is 9.42. The standard InChI is InChI=1S/C18H37N5O4/c1-8-26-17(25)23-14(11-13(2)3)12-22-15(19-7)20-9-10-21-16(24)27-18(4,5)6/h13-14H,8-12H2,1-7H3,(H,21,24)(H,23,25)(H2,19,20,22). The summed E-state index contributed by atoms with van der Waals surface area (Å²) in [5.41, 5.74) is -0.521. The molecule has 0 aliphatic rings. The minimum absolute atomic E-state index is 0.0810. The van der Waals surface area contributed by atoms with E-state index in [1.165, 1.54) is 0 Å². The molecule has 4 N–H and O–H groups in total. The zero-order valence-corrected chi connectivity index (χ0v) is 17.8. The molecule has 0 saturated carbocycles. The summed E-state index contributed by atoms with van der Waals surface area (Å²) >= 11 is 0. The molecular formula is C18H37N5O4. The van der Waals surface area contributed by atoms with E-state index in [-0.39, 0.29) is 6.04 Å². The topological polar surface area (TPSA) is 113 Å². The molecular weight excluding hydrogens is 350 g/mol. The molecule has 0 bridgehead atoms. The number of aliphatic imine (C=N–C) groups is 1. The van der Waals surface area contributed by atoms with E-state index in [2.05, 4.69) is 40.1 Å². The molecule has 0 aliphatic carbocycles. The van der Waals surface area contributed by atoms with Crippen molar-refractivity contribution in [3.63, 3.8) is 0 Å². The van der Waals surface area contributed by atoms with Crippen LogP contribution in [-0.4, -0.2) is 63.1 Å². The Morgan fingerprint density at radius 3 is 2.19 bits per heavy atom. The van der Waals surface area contributed by atoms with Crippen molar-refractivity contribution < 1.29 is 19.1 Å². The number of hydrogen-bond donors (Lipinski definition) is 4. The number of alkyl carbamates (subject to hydrolysis) is 2. The average molecular weight is 388 g/mol. The Morgan fingerprint density at radius 1 is 1.04 bits per heavy atom. The largest absolute Gasteiger partial charge is 0.450 e. The average Bonchev–Trinajstić information content (AvgIpc) is 2.51. The predicted octanol–water partition coefficient (Wildman–Crippen LogP) is 1.84. The Morgan fingerprint density at radius 2 is 1.67 bits per heavy atom. The fourth-order valence-corrected chi connectivity index (χ4v) is 2.20. The lowest BCUT2D eigenvalue weighted by Gasteiger charge is -2.22. The highest BCUT2D eigenvalue weighted by Gasteiger charge is 2.16. The molecule has 2 amide bonds. The fraction of sp³-hybridized carbons (Fsp3) is 0.833. The summed E-state index contributed by atoms with van der Waals surface area (Å²) in [5.74, 6) is 1.01. The Balaban J connectivity index is 4.28. The van der Waals surface area contributed by atoms with Crippen LogP contribution in [-0.2, 0) is 9.47 Å². The molecule has 0 aromatic heterocycles. The van der Waals surface area contributed by atoms with Crippen LogP contribution in [0.4, 0.5) is 9.59 Å². The number of amides is 2. The summed E-state index contributed by atoms with van der Waals surface area (Å²) in [6.07, 6.45) is -0.0689. The number of nitrogens with one attached hydrogen (secondary N) is 4. The van der Waals surface area contributed by atoms with Gasteiger partial charge in [-0.2, -0.15) is 0 Å². The van der Waals surface area contributed by atoms with Gasteiger partial charge in [-0.25, -0.2) is 9.59 Å². The molecule has 0 fully saturated rings. The quantitative estimate of drug-likeness (QED) is 0.273. The van der Waals surface area contributed by atoms with E-state index in [1.807, 2.05) is 20.8 Å². The summed E-state index contributed by atoms with van der Waals surface area (Å²) in [6.45, 7) is 13.1. The second-order valence-electron chi connectivity index (χ2n) is 7.50.